The second-order valence-electron chi connectivity index (χ2n) is 8.01. The quantitative estimate of drug-likeness (QED) is 0.800. The number of fused-ring (bicyclic) bond motifs is 1. The molecule has 7 nitrogen and oxygen atoms in total. The summed E-state index contributed by atoms with van der Waals surface area (Å²) in [6, 6.07) is 7.32. The lowest BCUT2D eigenvalue weighted by molar-refractivity contribution is -0.141. The van der Waals surface area contributed by atoms with Crippen LogP contribution in [0.4, 0.5) is 0 Å². The van der Waals surface area contributed by atoms with Crippen molar-refractivity contribution in [3.8, 4) is 5.75 Å². The number of carbonyl (C=O) groups excluding carboxylic acids is 3. The summed E-state index contributed by atoms with van der Waals surface area (Å²) in [5.41, 5.74) is 0.684. The molecular weight excluding hydrogens is 360 g/mol. The van der Waals surface area contributed by atoms with Gasteiger partial charge in [-0.05, 0) is 18.1 Å². The molecule has 150 valence electrons. The summed E-state index contributed by atoms with van der Waals surface area (Å²) in [4.78, 5) is 37.8. The number of carbonyl (C=O) groups is 3. The van der Waals surface area contributed by atoms with Gasteiger partial charge in [0.2, 0.25) is 11.8 Å². The number of benzene rings is 1. The van der Waals surface area contributed by atoms with Gasteiger partial charge in [0.15, 0.2) is 0 Å². The number of likely N-dealkylation sites (tertiary alicyclic amines) is 1. The van der Waals surface area contributed by atoms with E-state index in [2.05, 4.69) is 5.32 Å². The first-order valence-corrected chi connectivity index (χ1v) is 9.95. The zero-order valence-electron chi connectivity index (χ0n) is 16.1. The number of esters is 1. The van der Waals surface area contributed by atoms with Gasteiger partial charge in [0.25, 0.3) is 0 Å². The summed E-state index contributed by atoms with van der Waals surface area (Å²) >= 11 is 0. The van der Waals surface area contributed by atoms with Crippen LogP contribution in [0.3, 0.4) is 0 Å². The number of hydrogen-bond donors (Lipinski definition) is 1. The van der Waals surface area contributed by atoms with E-state index in [4.69, 9.17) is 9.47 Å². The van der Waals surface area contributed by atoms with E-state index < -0.39 is 6.04 Å². The van der Waals surface area contributed by atoms with Gasteiger partial charge in [0.1, 0.15) is 17.4 Å². The zero-order valence-corrected chi connectivity index (χ0v) is 16.1. The first-order chi connectivity index (χ1) is 13.5. The number of nitrogens with zero attached hydrogens (tertiary/aromatic N) is 1. The molecule has 4 rings (SSSR count). The molecule has 1 N–H and O–H groups in total. The average molecular weight is 386 g/mol. The SMILES string of the molecule is CC(=O)N1CCC2(CC1)CC(CC(=O)N[C@H]1CCOC1=O)c1ccccc1O2. The molecule has 3 heterocycles. The van der Waals surface area contributed by atoms with E-state index in [1.807, 2.05) is 29.2 Å². The Morgan fingerprint density at radius 2 is 2.00 bits per heavy atom. The summed E-state index contributed by atoms with van der Waals surface area (Å²) in [5, 5.41) is 2.81. The maximum Gasteiger partial charge on any atom is 0.328 e. The predicted octanol–water partition coefficient (Wildman–Crippen LogP) is 1.76. The number of hydrogen-bond acceptors (Lipinski definition) is 5. The Morgan fingerprint density at radius 3 is 2.68 bits per heavy atom. The van der Waals surface area contributed by atoms with Gasteiger partial charge in [-0.15, -0.1) is 0 Å². The largest absolute Gasteiger partial charge is 0.487 e. The van der Waals surface area contributed by atoms with Crippen molar-refractivity contribution in [1.82, 2.24) is 10.2 Å². The second-order valence-corrected chi connectivity index (χ2v) is 8.01. The molecule has 0 saturated carbocycles. The van der Waals surface area contributed by atoms with Crippen LogP contribution in [0.25, 0.3) is 0 Å². The molecule has 0 aliphatic carbocycles. The minimum absolute atomic E-state index is 0.0197. The number of cyclic esters (lactones) is 1. The first-order valence-electron chi connectivity index (χ1n) is 9.95. The molecule has 2 amide bonds. The molecule has 1 unspecified atom stereocenters. The Morgan fingerprint density at radius 1 is 1.25 bits per heavy atom. The fraction of sp³-hybridized carbons (Fsp3) is 0.571. The van der Waals surface area contributed by atoms with Crippen LogP contribution in [0, 0.1) is 0 Å². The van der Waals surface area contributed by atoms with Crippen LogP contribution in [0.1, 0.15) is 50.5 Å². The molecule has 1 spiro atoms. The molecule has 3 aliphatic heterocycles. The summed E-state index contributed by atoms with van der Waals surface area (Å²) in [7, 11) is 0. The number of nitrogens with one attached hydrogen (secondary N) is 1. The van der Waals surface area contributed by atoms with Crippen molar-refractivity contribution < 1.29 is 23.9 Å². The monoisotopic (exact) mass is 386 g/mol. The fourth-order valence-corrected chi connectivity index (χ4v) is 4.57. The Kier molecular flexibility index (Phi) is 5.00. The van der Waals surface area contributed by atoms with Gasteiger partial charge in [0.05, 0.1) is 6.61 Å². The van der Waals surface area contributed by atoms with Crippen LogP contribution >= 0.6 is 0 Å². The van der Waals surface area contributed by atoms with Crippen molar-refractivity contribution in [3.63, 3.8) is 0 Å². The normalized spacial score (nSPS) is 25.6. The summed E-state index contributed by atoms with van der Waals surface area (Å²) in [5.74, 6) is 0.440. The lowest BCUT2D eigenvalue weighted by Crippen LogP contribution is -2.51. The van der Waals surface area contributed by atoms with Crippen molar-refractivity contribution in [1.29, 1.82) is 0 Å². The molecule has 28 heavy (non-hydrogen) atoms. The zero-order chi connectivity index (χ0) is 19.7. The van der Waals surface area contributed by atoms with Crippen LogP contribution in [0.2, 0.25) is 0 Å². The highest BCUT2D eigenvalue weighted by atomic mass is 16.5. The molecule has 0 aromatic heterocycles. The van der Waals surface area contributed by atoms with E-state index >= 15 is 0 Å². The molecule has 3 aliphatic rings. The Bertz CT molecular complexity index is 785. The highest BCUT2D eigenvalue weighted by molar-refractivity contribution is 5.85. The Labute approximate surface area is 164 Å². The maximum absolute atomic E-state index is 12.6. The molecule has 2 saturated heterocycles. The number of para-hydroxylation sites is 1. The third kappa shape index (κ3) is 3.70. The van der Waals surface area contributed by atoms with Crippen LogP contribution < -0.4 is 10.1 Å². The second kappa shape index (κ2) is 7.45. The van der Waals surface area contributed by atoms with Crippen LogP contribution in [-0.4, -0.2) is 54.0 Å². The molecule has 7 heteroatoms. The summed E-state index contributed by atoms with van der Waals surface area (Å²) < 4.78 is 11.3. The third-order valence-electron chi connectivity index (χ3n) is 6.13. The molecule has 1 aromatic carbocycles. The van der Waals surface area contributed by atoms with Gasteiger partial charge in [-0.3, -0.25) is 9.59 Å². The maximum atomic E-state index is 12.6. The number of rotatable bonds is 3. The standard InChI is InChI=1S/C21H26N2O5/c1-14(24)23-9-7-21(8-10-23)13-15(16-4-2-3-5-18(16)28-21)12-19(25)22-17-6-11-27-20(17)26/h2-5,15,17H,6-13H2,1H3,(H,22,25)/t15?,17-/m0/s1. The van der Waals surface area contributed by atoms with Crippen molar-refractivity contribution in [2.45, 2.75) is 56.6 Å². The van der Waals surface area contributed by atoms with Gasteiger partial charge in [-0.25, -0.2) is 4.79 Å². The molecule has 2 fully saturated rings. The number of ether oxygens (including phenoxy) is 2. The molecule has 0 bridgehead atoms. The van der Waals surface area contributed by atoms with E-state index in [-0.39, 0.29) is 29.3 Å². The topological polar surface area (TPSA) is 84.9 Å². The first kappa shape index (κ1) is 18.8. The minimum atomic E-state index is -0.532. The predicted molar refractivity (Wildman–Crippen MR) is 101 cm³/mol. The van der Waals surface area contributed by atoms with E-state index in [0.29, 0.717) is 32.5 Å². The molecule has 2 atom stereocenters. The van der Waals surface area contributed by atoms with Crippen LogP contribution in [0.5, 0.6) is 5.75 Å². The van der Waals surface area contributed by atoms with Gasteiger partial charge in [-0.1, -0.05) is 18.2 Å². The smallest absolute Gasteiger partial charge is 0.328 e. The highest BCUT2D eigenvalue weighted by Crippen LogP contribution is 2.46. The van der Waals surface area contributed by atoms with Crippen molar-refractivity contribution in [2.24, 2.45) is 0 Å². The van der Waals surface area contributed by atoms with Gasteiger partial charge in [0, 0.05) is 51.6 Å². The van der Waals surface area contributed by atoms with Crippen molar-refractivity contribution in [3.05, 3.63) is 29.8 Å². The van der Waals surface area contributed by atoms with E-state index in [1.165, 1.54) is 0 Å². The Balaban J connectivity index is 1.49. The number of piperidine rings is 1. The van der Waals surface area contributed by atoms with Crippen LogP contribution in [-0.2, 0) is 19.1 Å². The van der Waals surface area contributed by atoms with Crippen molar-refractivity contribution in [2.75, 3.05) is 19.7 Å². The lowest BCUT2D eigenvalue weighted by Gasteiger charge is -2.46. The van der Waals surface area contributed by atoms with E-state index in [1.54, 1.807) is 6.92 Å². The molecule has 1 aromatic rings. The van der Waals surface area contributed by atoms with E-state index in [9.17, 15) is 14.4 Å². The van der Waals surface area contributed by atoms with Crippen LogP contribution in [0.15, 0.2) is 24.3 Å². The fourth-order valence-electron chi connectivity index (χ4n) is 4.57. The molecular formula is C21H26N2O5. The van der Waals surface area contributed by atoms with E-state index in [0.717, 1.165) is 30.6 Å². The minimum Gasteiger partial charge on any atom is -0.487 e. The lowest BCUT2D eigenvalue weighted by atomic mass is 9.76. The third-order valence-corrected chi connectivity index (χ3v) is 6.13. The summed E-state index contributed by atoms with van der Waals surface area (Å²) in [6.45, 7) is 3.30. The van der Waals surface area contributed by atoms with Gasteiger partial charge >= 0.3 is 5.97 Å². The Hall–Kier alpha value is -2.57. The number of amides is 2. The van der Waals surface area contributed by atoms with Gasteiger partial charge < -0.3 is 19.7 Å². The summed E-state index contributed by atoms with van der Waals surface area (Å²) in [6.07, 6.45) is 3.09. The molecule has 0 radical (unpaired) electrons. The average Bonchev–Trinajstić information content (AvgIpc) is 3.06. The van der Waals surface area contributed by atoms with Gasteiger partial charge in [-0.2, -0.15) is 0 Å². The highest BCUT2D eigenvalue weighted by Gasteiger charge is 2.44. The van der Waals surface area contributed by atoms with Crippen molar-refractivity contribution >= 4 is 17.8 Å².